The number of carbonyl (C=O) groups is 2. The monoisotopic (exact) mass is 308 g/mol. The van der Waals surface area contributed by atoms with Crippen molar-refractivity contribution < 1.29 is 14.3 Å². The number of esters is 1. The topological polar surface area (TPSA) is 71.2 Å². The fourth-order valence-electron chi connectivity index (χ4n) is 1.91. The number of fused-ring (bicyclic) bond motifs is 1. The average Bonchev–Trinajstić information content (AvgIpc) is 2.88. The van der Waals surface area contributed by atoms with Crippen molar-refractivity contribution in [3.63, 3.8) is 0 Å². The fourth-order valence-corrected chi connectivity index (χ4v) is 1.98. The number of ether oxygens (including phenoxy) is 1. The number of para-hydroxylation sites is 1. The molecule has 0 saturated carbocycles. The number of aromatic amines is 1. The summed E-state index contributed by atoms with van der Waals surface area (Å²) in [6, 6.07) is 9.42. The molecule has 21 heavy (non-hydrogen) atoms. The van der Waals surface area contributed by atoms with Gasteiger partial charge in [0, 0.05) is 10.9 Å². The molecule has 1 aromatic heterocycles. The highest BCUT2D eigenvalue weighted by Crippen LogP contribution is 2.15. The van der Waals surface area contributed by atoms with E-state index in [0.29, 0.717) is 5.69 Å². The van der Waals surface area contributed by atoms with Crippen LogP contribution in [-0.4, -0.2) is 34.9 Å². The summed E-state index contributed by atoms with van der Waals surface area (Å²) in [6.45, 7) is 3.61. The minimum atomic E-state index is -0.684. The van der Waals surface area contributed by atoms with Crippen molar-refractivity contribution in [2.24, 2.45) is 0 Å². The molecule has 0 radical (unpaired) electrons. The number of hydrogen-bond donors (Lipinski definition) is 2. The second kappa shape index (κ2) is 6.18. The van der Waals surface area contributed by atoms with Gasteiger partial charge in [-0.3, -0.25) is 9.59 Å². The maximum atomic E-state index is 12.2. The van der Waals surface area contributed by atoms with Crippen LogP contribution in [0.15, 0.2) is 30.3 Å². The number of carbonyl (C=O) groups excluding carboxylic acids is 2. The third kappa shape index (κ3) is 3.98. The molecule has 1 aromatic carbocycles. The lowest BCUT2D eigenvalue weighted by Gasteiger charge is -2.25. The summed E-state index contributed by atoms with van der Waals surface area (Å²) in [7, 11) is 0. The first-order valence-corrected chi connectivity index (χ1v) is 7.06. The van der Waals surface area contributed by atoms with E-state index in [9.17, 15) is 9.59 Å². The lowest BCUT2D eigenvalue weighted by Crippen LogP contribution is -2.47. The van der Waals surface area contributed by atoms with Crippen molar-refractivity contribution in [1.82, 2.24) is 10.3 Å². The molecule has 2 N–H and O–H groups in total. The second-order valence-electron chi connectivity index (χ2n) is 5.40. The van der Waals surface area contributed by atoms with Crippen LogP contribution in [-0.2, 0) is 9.53 Å². The molecule has 0 aliphatic rings. The van der Waals surface area contributed by atoms with Crippen molar-refractivity contribution in [3.05, 3.63) is 36.0 Å². The van der Waals surface area contributed by atoms with Crippen LogP contribution in [0.1, 0.15) is 24.3 Å². The number of amides is 1. The number of aromatic nitrogens is 1. The number of halogens is 1. The first kappa shape index (κ1) is 15.4. The third-order valence-corrected chi connectivity index (χ3v) is 3.15. The van der Waals surface area contributed by atoms with E-state index in [1.165, 1.54) is 0 Å². The van der Waals surface area contributed by atoms with Crippen LogP contribution in [0.3, 0.4) is 0 Å². The highest BCUT2D eigenvalue weighted by atomic mass is 35.5. The first-order valence-electron chi connectivity index (χ1n) is 6.53. The Labute approximate surface area is 127 Å². The van der Waals surface area contributed by atoms with Gasteiger partial charge in [0.25, 0.3) is 5.91 Å². The SMILES string of the molecule is CC(C)(COC(=O)CCl)NC(=O)c1cc2ccccc2[nH]1. The molecule has 0 unspecified atom stereocenters. The number of rotatable bonds is 5. The van der Waals surface area contributed by atoms with E-state index in [-0.39, 0.29) is 18.4 Å². The van der Waals surface area contributed by atoms with Crippen molar-refractivity contribution >= 4 is 34.4 Å². The van der Waals surface area contributed by atoms with Crippen LogP contribution in [0.5, 0.6) is 0 Å². The predicted octanol–water partition coefficient (Wildman–Crippen LogP) is 2.46. The standard InChI is InChI=1S/C15H17ClN2O3/c1-15(2,9-21-13(19)8-16)18-14(20)12-7-10-5-3-4-6-11(10)17-12/h3-7,17H,8-9H2,1-2H3,(H,18,20). The fraction of sp³-hybridized carbons (Fsp3) is 0.333. The maximum Gasteiger partial charge on any atom is 0.320 e. The molecule has 1 amide bonds. The van der Waals surface area contributed by atoms with Gasteiger partial charge in [0.05, 0.1) is 5.54 Å². The van der Waals surface area contributed by atoms with Gasteiger partial charge >= 0.3 is 5.97 Å². The van der Waals surface area contributed by atoms with Gasteiger partial charge < -0.3 is 15.0 Å². The Balaban J connectivity index is 2.04. The molecule has 6 heteroatoms. The summed E-state index contributed by atoms with van der Waals surface area (Å²) in [5.41, 5.74) is 0.679. The van der Waals surface area contributed by atoms with E-state index in [1.807, 2.05) is 24.3 Å². The maximum absolute atomic E-state index is 12.2. The lowest BCUT2D eigenvalue weighted by molar-refractivity contribution is -0.142. The number of nitrogens with one attached hydrogen (secondary N) is 2. The Kier molecular flexibility index (Phi) is 4.53. The van der Waals surface area contributed by atoms with Gasteiger partial charge in [0.1, 0.15) is 18.2 Å². The minimum Gasteiger partial charge on any atom is -0.462 e. The van der Waals surface area contributed by atoms with Crippen LogP contribution in [0, 0.1) is 0 Å². The molecule has 112 valence electrons. The average molecular weight is 309 g/mol. The molecule has 0 fully saturated rings. The zero-order valence-corrected chi connectivity index (χ0v) is 12.7. The molecule has 5 nitrogen and oxygen atoms in total. The summed E-state index contributed by atoms with van der Waals surface area (Å²) in [4.78, 5) is 26.3. The molecular formula is C15H17ClN2O3. The van der Waals surface area contributed by atoms with Crippen molar-refractivity contribution in [1.29, 1.82) is 0 Å². The molecule has 1 heterocycles. The van der Waals surface area contributed by atoms with Crippen LogP contribution in [0.2, 0.25) is 0 Å². The summed E-state index contributed by atoms with van der Waals surface area (Å²) >= 11 is 5.36. The Morgan fingerprint density at radius 2 is 2.05 bits per heavy atom. The quantitative estimate of drug-likeness (QED) is 0.658. The van der Waals surface area contributed by atoms with Crippen molar-refractivity contribution in [2.75, 3.05) is 12.5 Å². The third-order valence-electron chi connectivity index (χ3n) is 2.93. The van der Waals surface area contributed by atoms with E-state index in [1.54, 1.807) is 19.9 Å². The van der Waals surface area contributed by atoms with Crippen molar-refractivity contribution in [2.45, 2.75) is 19.4 Å². The van der Waals surface area contributed by atoms with Gasteiger partial charge in [0.2, 0.25) is 0 Å². The highest BCUT2D eigenvalue weighted by Gasteiger charge is 2.24. The van der Waals surface area contributed by atoms with Crippen LogP contribution in [0.4, 0.5) is 0 Å². The van der Waals surface area contributed by atoms with Crippen LogP contribution < -0.4 is 5.32 Å². The van der Waals surface area contributed by atoms with Gasteiger partial charge in [-0.25, -0.2) is 0 Å². The number of hydrogen-bond acceptors (Lipinski definition) is 3. The molecule has 2 aromatic rings. The zero-order chi connectivity index (χ0) is 15.5. The Morgan fingerprint density at radius 3 is 2.71 bits per heavy atom. The molecule has 0 spiro atoms. The number of alkyl halides is 1. The van der Waals surface area contributed by atoms with E-state index in [2.05, 4.69) is 10.3 Å². The summed E-state index contributed by atoms with van der Waals surface area (Å²) in [5.74, 6) is -0.964. The number of benzene rings is 1. The molecule has 2 rings (SSSR count). The van der Waals surface area contributed by atoms with Gasteiger partial charge in [-0.15, -0.1) is 11.6 Å². The highest BCUT2D eigenvalue weighted by molar-refractivity contribution is 6.26. The largest absolute Gasteiger partial charge is 0.462 e. The van der Waals surface area contributed by atoms with E-state index in [4.69, 9.17) is 16.3 Å². The molecule has 0 saturated heterocycles. The summed E-state index contributed by atoms with van der Waals surface area (Å²) < 4.78 is 4.96. The van der Waals surface area contributed by atoms with Gasteiger partial charge in [-0.1, -0.05) is 18.2 Å². The minimum absolute atomic E-state index is 0.0600. The lowest BCUT2D eigenvalue weighted by atomic mass is 10.1. The molecule has 0 aliphatic heterocycles. The predicted molar refractivity (Wildman–Crippen MR) is 81.5 cm³/mol. The van der Waals surface area contributed by atoms with E-state index in [0.717, 1.165) is 10.9 Å². The normalized spacial score (nSPS) is 11.4. The van der Waals surface area contributed by atoms with Crippen LogP contribution in [0.25, 0.3) is 10.9 Å². The van der Waals surface area contributed by atoms with E-state index >= 15 is 0 Å². The van der Waals surface area contributed by atoms with Crippen molar-refractivity contribution in [3.8, 4) is 0 Å². The first-order chi connectivity index (χ1) is 9.91. The Bertz CT molecular complexity index is 631. The summed E-state index contributed by atoms with van der Waals surface area (Å²) in [5, 5.41) is 3.79. The Hall–Kier alpha value is -2.01. The molecule has 0 bridgehead atoms. The molecule has 0 aliphatic carbocycles. The van der Waals surface area contributed by atoms with Gasteiger partial charge in [0.15, 0.2) is 0 Å². The smallest absolute Gasteiger partial charge is 0.320 e. The van der Waals surface area contributed by atoms with E-state index < -0.39 is 11.5 Å². The second-order valence-corrected chi connectivity index (χ2v) is 5.67. The molecular weight excluding hydrogens is 292 g/mol. The van der Waals surface area contributed by atoms with Gasteiger partial charge in [-0.2, -0.15) is 0 Å². The number of H-pyrrole nitrogens is 1. The zero-order valence-electron chi connectivity index (χ0n) is 11.9. The summed E-state index contributed by atoms with van der Waals surface area (Å²) in [6.07, 6.45) is 0. The van der Waals surface area contributed by atoms with Gasteiger partial charge in [-0.05, 0) is 26.0 Å². The molecule has 0 atom stereocenters. The Morgan fingerprint density at radius 1 is 1.33 bits per heavy atom. The van der Waals surface area contributed by atoms with Crippen LogP contribution >= 0.6 is 11.6 Å².